The summed E-state index contributed by atoms with van der Waals surface area (Å²) >= 11 is 0. The first-order chi connectivity index (χ1) is 8.54. The summed E-state index contributed by atoms with van der Waals surface area (Å²) in [7, 11) is 0. The van der Waals surface area contributed by atoms with Crippen LogP contribution in [-0.2, 0) is 6.42 Å². The predicted molar refractivity (Wildman–Crippen MR) is 80.9 cm³/mol. The quantitative estimate of drug-likeness (QED) is 0.743. The summed E-state index contributed by atoms with van der Waals surface area (Å²) in [6.45, 7) is 12.5. The van der Waals surface area contributed by atoms with Crippen LogP contribution in [0.1, 0.15) is 58.2 Å². The second-order valence-corrected chi connectivity index (χ2v) is 5.95. The van der Waals surface area contributed by atoms with Crippen molar-refractivity contribution in [2.45, 2.75) is 53.5 Å². The zero-order valence-corrected chi connectivity index (χ0v) is 12.7. The minimum Gasteiger partial charge on any atom is -0.310 e. The molecule has 1 aromatic rings. The van der Waals surface area contributed by atoms with Gasteiger partial charge in [-0.25, -0.2) is 0 Å². The molecule has 1 unspecified atom stereocenters. The fourth-order valence-electron chi connectivity index (χ4n) is 2.23. The van der Waals surface area contributed by atoms with Gasteiger partial charge in [0.2, 0.25) is 0 Å². The smallest absolute Gasteiger partial charge is 0.0343 e. The number of aryl methyl sites for hydroxylation is 1. The van der Waals surface area contributed by atoms with E-state index in [0.29, 0.717) is 12.0 Å². The molecule has 0 saturated carbocycles. The van der Waals surface area contributed by atoms with E-state index in [1.807, 2.05) is 0 Å². The van der Waals surface area contributed by atoms with E-state index >= 15 is 0 Å². The second kappa shape index (κ2) is 7.58. The minimum atomic E-state index is 0.481. The van der Waals surface area contributed by atoms with E-state index in [-0.39, 0.29) is 0 Å². The molecule has 102 valence electrons. The predicted octanol–water partition coefficient (Wildman–Crippen LogP) is 4.58. The van der Waals surface area contributed by atoms with Crippen LogP contribution in [0.4, 0.5) is 0 Å². The topological polar surface area (TPSA) is 12.0 Å². The van der Waals surface area contributed by atoms with E-state index in [0.717, 1.165) is 18.9 Å². The maximum Gasteiger partial charge on any atom is 0.0343 e. The van der Waals surface area contributed by atoms with Crippen molar-refractivity contribution in [2.24, 2.45) is 11.8 Å². The normalized spacial score (nSPS) is 13.3. The Kier molecular flexibility index (Phi) is 6.42. The number of benzene rings is 1. The molecular formula is C17H29N. The molecule has 0 bridgehead atoms. The molecule has 0 aliphatic rings. The van der Waals surface area contributed by atoms with Gasteiger partial charge in [-0.3, -0.25) is 0 Å². The number of rotatable bonds is 7. The van der Waals surface area contributed by atoms with E-state index in [1.54, 1.807) is 0 Å². The monoisotopic (exact) mass is 247 g/mol. The molecule has 1 nitrogen and oxygen atoms in total. The lowest BCUT2D eigenvalue weighted by Crippen LogP contribution is -2.27. The Morgan fingerprint density at radius 2 is 1.61 bits per heavy atom. The van der Waals surface area contributed by atoms with Crippen LogP contribution in [-0.4, -0.2) is 6.54 Å². The molecule has 0 aliphatic carbocycles. The third-order valence-corrected chi connectivity index (χ3v) is 3.50. The highest BCUT2D eigenvalue weighted by Gasteiger charge is 2.14. The molecule has 18 heavy (non-hydrogen) atoms. The Balaban J connectivity index is 2.65. The summed E-state index contributed by atoms with van der Waals surface area (Å²) in [4.78, 5) is 0. The fraction of sp³-hybridized carbons (Fsp3) is 0.647. The van der Waals surface area contributed by atoms with Gasteiger partial charge < -0.3 is 5.32 Å². The van der Waals surface area contributed by atoms with Crippen molar-refractivity contribution in [3.63, 3.8) is 0 Å². The van der Waals surface area contributed by atoms with E-state index in [4.69, 9.17) is 0 Å². The Labute approximate surface area is 113 Å². The van der Waals surface area contributed by atoms with Gasteiger partial charge in [0, 0.05) is 6.04 Å². The van der Waals surface area contributed by atoms with Crippen LogP contribution >= 0.6 is 0 Å². The van der Waals surface area contributed by atoms with Crippen molar-refractivity contribution in [3.8, 4) is 0 Å². The van der Waals surface area contributed by atoms with Gasteiger partial charge in [0.15, 0.2) is 0 Å². The first-order valence-electron chi connectivity index (χ1n) is 7.36. The molecular weight excluding hydrogens is 218 g/mol. The van der Waals surface area contributed by atoms with Crippen molar-refractivity contribution in [3.05, 3.63) is 35.4 Å². The van der Waals surface area contributed by atoms with Crippen molar-refractivity contribution < 1.29 is 0 Å². The van der Waals surface area contributed by atoms with Crippen LogP contribution in [0.25, 0.3) is 0 Å². The largest absolute Gasteiger partial charge is 0.310 e. The highest BCUT2D eigenvalue weighted by Crippen LogP contribution is 2.22. The molecule has 0 spiro atoms. The van der Waals surface area contributed by atoms with Gasteiger partial charge in [-0.15, -0.1) is 0 Å². The SMILES string of the molecule is CCc1ccc(C(NCCC(C)C)C(C)C)cc1. The van der Waals surface area contributed by atoms with Crippen LogP contribution in [0.2, 0.25) is 0 Å². The van der Waals surface area contributed by atoms with Gasteiger partial charge in [-0.05, 0) is 42.3 Å². The Hall–Kier alpha value is -0.820. The summed E-state index contributed by atoms with van der Waals surface area (Å²) < 4.78 is 0. The first kappa shape index (κ1) is 15.2. The molecule has 1 atom stereocenters. The summed E-state index contributed by atoms with van der Waals surface area (Å²) in [5.74, 6) is 1.40. The highest BCUT2D eigenvalue weighted by molar-refractivity contribution is 5.25. The lowest BCUT2D eigenvalue weighted by molar-refractivity contribution is 0.394. The van der Waals surface area contributed by atoms with Gasteiger partial charge in [-0.2, -0.15) is 0 Å². The fourth-order valence-corrected chi connectivity index (χ4v) is 2.23. The summed E-state index contributed by atoms with van der Waals surface area (Å²) in [5.41, 5.74) is 2.84. The van der Waals surface area contributed by atoms with E-state index in [1.165, 1.54) is 17.5 Å². The van der Waals surface area contributed by atoms with Gasteiger partial charge in [-0.1, -0.05) is 58.9 Å². The number of nitrogens with one attached hydrogen (secondary N) is 1. The molecule has 0 amide bonds. The molecule has 0 fully saturated rings. The van der Waals surface area contributed by atoms with Gasteiger partial charge in [0.1, 0.15) is 0 Å². The molecule has 0 aromatic heterocycles. The molecule has 0 radical (unpaired) electrons. The van der Waals surface area contributed by atoms with E-state index < -0.39 is 0 Å². The van der Waals surface area contributed by atoms with Gasteiger partial charge in [0.05, 0.1) is 0 Å². The first-order valence-corrected chi connectivity index (χ1v) is 7.36. The van der Waals surface area contributed by atoms with Crippen LogP contribution in [0.15, 0.2) is 24.3 Å². The van der Waals surface area contributed by atoms with Crippen LogP contribution in [0.5, 0.6) is 0 Å². The maximum absolute atomic E-state index is 3.70. The lowest BCUT2D eigenvalue weighted by atomic mass is 9.94. The number of hydrogen-bond acceptors (Lipinski definition) is 1. The van der Waals surface area contributed by atoms with E-state index in [2.05, 4.69) is 64.2 Å². The zero-order chi connectivity index (χ0) is 13.5. The van der Waals surface area contributed by atoms with Crippen LogP contribution < -0.4 is 5.32 Å². The summed E-state index contributed by atoms with van der Waals surface area (Å²) in [5, 5.41) is 3.70. The molecule has 1 rings (SSSR count). The van der Waals surface area contributed by atoms with Gasteiger partial charge in [0.25, 0.3) is 0 Å². The third-order valence-electron chi connectivity index (χ3n) is 3.50. The standard InChI is InChI=1S/C17H29N/c1-6-15-7-9-16(10-8-15)17(14(4)5)18-12-11-13(2)3/h7-10,13-14,17-18H,6,11-12H2,1-5H3. The van der Waals surface area contributed by atoms with Crippen LogP contribution in [0.3, 0.4) is 0 Å². The van der Waals surface area contributed by atoms with Crippen molar-refractivity contribution in [1.29, 1.82) is 0 Å². The zero-order valence-electron chi connectivity index (χ0n) is 12.7. The van der Waals surface area contributed by atoms with Crippen molar-refractivity contribution in [1.82, 2.24) is 5.32 Å². The maximum atomic E-state index is 3.70. The lowest BCUT2D eigenvalue weighted by Gasteiger charge is -2.23. The van der Waals surface area contributed by atoms with Crippen molar-refractivity contribution >= 4 is 0 Å². The van der Waals surface area contributed by atoms with E-state index in [9.17, 15) is 0 Å². The second-order valence-electron chi connectivity index (χ2n) is 5.95. The molecule has 0 heterocycles. The highest BCUT2D eigenvalue weighted by atomic mass is 14.9. The molecule has 0 saturated heterocycles. The van der Waals surface area contributed by atoms with Crippen LogP contribution in [0, 0.1) is 11.8 Å². The van der Waals surface area contributed by atoms with Gasteiger partial charge >= 0.3 is 0 Å². The average molecular weight is 247 g/mol. The molecule has 1 aromatic carbocycles. The average Bonchev–Trinajstić information content (AvgIpc) is 2.34. The molecule has 0 aliphatic heterocycles. The van der Waals surface area contributed by atoms with Crippen molar-refractivity contribution in [2.75, 3.05) is 6.54 Å². The minimum absolute atomic E-state index is 0.481. The summed E-state index contributed by atoms with van der Waals surface area (Å²) in [6, 6.07) is 9.57. The number of hydrogen-bond donors (Lipinski definition) is 1. The summed E-state index contributed by atoms with van der Waals surface area (Å²) in [6.07, 6.45) is 2.36. The molecule has 1 N–H and O–H groups in total. The molecule has 1 heteroatoms. The Bertz CT molecular complexity index is 324. The third kappa shape index (κ3) is 4.81. The Morgan fingerprint density at radius 3 is 2.06 bits per heavy atom. The Morgan fingerprint density at radius 1 is 1.00 bits per heavy atom.